The van der Waals surface area contributed by atoms with Gasteiger partial charge in [-0.15, -0.1) is 0 Å². The Kier molecular flexibility index (Phi) is 4.70. The molecule has 126 valence electrons. The molecule has 2 aromatic heterocycles. The van der Waals surface area contributed by atoms with E-state index in [1.165, 1.54) is 19.7 Å². The lowest BCUT2D eigenvalue weighted by Crippen LogP contribution is -2.29. The first-order valence-electron chi connectivity index (χ1n) is 7.26. The van der Waals surface area contributed by atoms with Gasteiger partial charge in [0.1, 0.15) is 5.75 Å². The van der Waals surface area contributed by atoms with Crippen molar-refractivity contribution in [2.45, 2.75) is 0 Å². The highest BCUT2D eigenvalue weighted by atomic mass is 16.5. The number of hydrogen-bond donors (Lipinski definition) is 2. The van der Waals surface area contributed by atoms with Crippen LogP contribution in [0.3, 0.4) is 0 Å². The van der Waals surface area contributed by atoms with Crippen LogP contribution in [0.4, 0.5) is 11.4 Å². The van der Waals surface area contributed by atoms with Crippen molar-refractivity contribution in [2.24, 2.45) is 0 Å². The first-order valence-corrected chi connectivity index (χ1v) is 7.26. The fourth-order valence-electron chi connectivity index (χ4n) is 2.13. The molecule has 0 unspecified atom stereocenters. The number of carbonyl (C=O) groups is 2. The highest BCUT2D eigenvalue weighted by Gasteiger charge is 2.16. The molecule has 0 radical (unpaired) electrons. The van der Waals surface area contributed by atoms with E-state index in [-0.39, 0.29) is 0 Å². The number of rotatable bonds is 4. The van der Waals surface area contributed by atoms with Crippen molar-refractivity contribution < 1.29 is 18.7 Å². The van der Waals surface area contributed by atoms with Crippen LogP contribution in [0.25, 0.3) is 11.3 Å². The monoisotopic (exact) mass is 338 g/mol. The predicted octanol–water partition coefficient (Wildman–Crippen LogP) is 2.32. The highest BCUT2D eigenvalue weighted by Crippen LogP contribution is 2.32. The molecule has 0 aliphatic carbocycles. The number of amides is 2. The summed E-state index contributed by atoms with van der Waals surface area (Å²) in [6.45, 7) is 0. The summed E-state index contributed by atoms with van der Waals surface area (Å²) in [7, 11) is 1.50. The number of hydrogen-bond acceptors (Lipinski definition) is 6. The van der Waals surface area contributed by atoms with Gasteiger partial charge in [-0.1, -0.05) is 0 Å². The molecule has 0 atom stereocenters. The normalized spacial score (nSPS) is 10.1. The number of nitrogens with zero attached hydrogens (tertiary/aromatic N) is 2. The van der Waals surface area contributed by atoms with E-state index < -0.39 is 11.8 Å². The fraction of sp³-hybridized carbons (Fsp3) is 0.0588. The molecule has 0 saturated heterocycles. The average molecular weight is 338 g/mol. The smallest absolute Gasteiger partial charge is 0.314 e. The van der Waals surface area contributed by atoms with Gasteiger partial charge in [0, 0.05) is 18.0 Å². The van der Waals surface area contributed by atoms with E-state index in [2.05, 4.69) is 20.6 Å². The fourth-order valence-corrected chi connectivity index (χ4v) is 2.13. The molecule has 0 aliphatic heterocycles. The number of pyridine rings is 1. The maximum Gasteiger partial charge on any atom is 0.314 e. The molecular formula is C17H14N4O4. The summed E-state index contributed by atoms with van der Waals surface area (Å²) in [4.78, 5) is 31.7. The van der Waals surface area contributed by atoms with E-state index in [1.54, 1.807) is 42.7 Å². The molecule has 8 heteroatoms. The second kappa shape index (κ2) is 7.26. The number of ether oxygens (including phenoxy) is 1. The number of benzene rings is 1. The molecule has 2 amide bonds. The lowest BCUT2D eigenvalue weighted by atomic mass is 10.1. The minimum Gasteiger partial charge on any atom is -0.496 e. The van der Waals surface area contributed by atoms with Gasteiger partial charge in [-0.25, -0.2) is 4.98 Å². The largest absolute Gasteiger partial charge is 0.496 e. The molecule has 8 nitrogen and oxygen atoms in total. The lowest BCUT2D eigenvalue weighted by Gasteiger charge is -2.10. The Bertz CT molecular complexity index is 879. The van der Waals surface area contributed by atoms with Crippen LogP contribution in [0, 0.1) is 0 Å². The van der Waals surface area contributed by atoms with Gasteiger partial charge in [-0.3, -0.25) is 14.6 Å². The van der Waals surface area contributed by atoms with Crippen LogP contribution < -0.4 is 15.4 Å². The van der Waals surface area contributed by atoms with E-state index in [1.807, 2.05) is 0 Å². The molecule has 25 heavy (non-hydrogen) atoms. The third-order valence-electron chi connectivity index (χ3n) is 3.28. The van der Waals surface area contributed by atoms with Crippen molar-refractivity contribution in [3.63, 3.8) is 0 Å². The van der Waals surface area contributed by atoms with Gasteiger partial charge < -0.3 is 19.8 Å². The van der Waals surface area contributed by atoms with Crippen LogP contribution in [0.1, 0.15) is 0 Å². The van der Waals surface area contributed by atoms with E-state index >= 15 is 0 Å². The molecule has 0 saturated carbocycles. The Morgan fingerprint density at radius 2 is 1.84 bits per heavy atom. The minimum absolute atomic E-state index is 0.409. The predicted molar refractivity (Wildman–Crippen MR) is 90.0 cm³/mol. The number of methoxy groups -OCH3 is 1. The van der Waals surface area contributed by atoms with Crippen LogP contribution >= 0.6 is 0 Å². The van der Waals surface area contributed by atoms with Gasteiger partial charge >= 0.3 is 11.8 Å². The number of anilines is 2. The molecule has 0 spiro atoms. The summed E-state index contributed by atoms with van der Waals surface area (Å²) in [5.41, 5.74) is 1.52. The summed E-state index contributed by atoms with van der Waals surface area (Å²) in [5.74, 6) is -0.601. The maximum absolute atomic E-state index is 12.0. The molecule has 0 bridgehead atoms. The topological polar surface area (TPSA) is 106 Å². The summed E-state index contributed by atoms with van der Waals surface area (Å²) in [6.07, 6.45) is 5.88. The van der Waals surface area contributed by atoms with E-state index in [0.29, 0.717) is 28.4 Å². The van der Waals surface area contributed by atoms with Crippen molar-refractivity contribution >= 4 is 23.2 Å². The van der Waals surface area contributed by atoms with Crippen molar-refractivity contribution in [3.8, 4) is 17.1 Å². The number of aromatic nitrogens is 2. The third-order valence-corrected chi connectivity index (χ3v) is 3.28. The van der Waals surface area contributed by atoms with Crippen LogP contribution in [0.15, 0.2) is 59.7 Å². The summed E-state index contributed by atoms with van der Waals surface area (Å²) >= 11 is 0. The van der Waals surface area contributed by atoms with Gasteiger partial charge in [0.15, 0.2) is 12.2 Å². The van der Waals surface area contributed by atoms with Crippen molar-refractivity contribution in [1.82, 2.24) is 9.97 Å². The minimum atomic E-state index is -0.807. The van der Waals surface area contributed by atoms with Crippen LogP contribution in [-0.2, 0) is 9.59 Å². The second-order valence-corrected chi connectivity index (χ2v) is 4.93. The Hall–Kier alpha value is -3.68. The zero-order valence-electron chi connectivity index (χ0n) is 13.2. The molecule has 0 fully saturated rings. The summed E-state index contributed by atoms with van der Waals surface area (Å²) in [5, 5.41) is 4.97. The Morgan fingerprint density at radius 1 is 1.04 bits per heavy atom. The molecule has 2 heterocycles. The quantitative estimate of drug-likeness (QED) is 0.707. The first-order chi connectivity index (χ1) is 12.2. The zero-order valence-corrected chi connectivity index (χ0v) is 13.2. The van der Waals surface area contributed by atoms with Gasteiger partial charge in [-0.05, 0) is 24.3 Å². The van der Waals surface area contributed by atoms with Crippen LogP contribution in [0.5, 0.6) is 5.75 Å². The summed E-state index contributed by atoms with van der Waals surface area (Å²) < 4.78 is 10.5. The standard InChI is InChI=1S/C17H14N4O4/c1-24-14-7-11(4-5-13(14)15-9-19-10-25-15)20-16(22)17(23)21-12-3-2-6-18-8-12/h2-10H,1H3,(H,20,22)(H,21,23). The third kappa shape index (κ3) is 3.81. The van der Waals surface area contributed by atoms with E-state index in [9.17, 15) is 9.59 Å². The van der Waals surface area contributed by atoms with E-state index in [4.69, 9.17) is 9.15 Å². The molecular weight excluding hydrogens is 324 g/mol. The van der Waals surface area contributed by atoms with Crippen molar-refractivity contribution in [2.75, 3.05) is 17.7 Å². The van der Waals surface area contributed by atoms with E-state index in [0.717, 1.165) is 0 Å². The molecule has 2 N–H and O–H groups in total. The Labute approximate surface area is 142 Å². The van der Waals surface area contributed by atoms with Gasteiger partial charge in [0.25, 0.3) is 0 Å². The number of carbonyl (C=O) groups excluding carboxylic acids is 2. The number of nitrogens with one attached hydrogen (secondary N) is 2. The van der Waals surface area contributed by atoms with Crippen LogP contribution in [-0.4, -0.2) is 28.9 Å². The van der Waals surface area contributed by atoms with Gasteiger partial charge in [0.05, 0.1) is 30.8 Å². The van der Waals surface area contributed by atoms with Crippen molar-refractivity contribution in [1.29, 1.82) is 0 Å². The second-order valence-electron chi connectivity index (χ2n) is 4.93. The Morgan fingerprint density at radius 3 is 2.48 bits per heavy atom. The molecule has 0 aliphatic rings. The molecule has 3 aromatic rings. The van der Waals surface area contributed by atoms with Crippen molar-refractivity contribution in [3.05, 3.63) is 55.3 Å². The van der Waals surface area contributed by atoms with Gasteiger partial charge in [-0.2, -0.15) is 0 Å². The lowest BCUT2D eigenvalue weighted by molar-refractivity contribution is -0.133. The highest BCUT2D eigenvalue weighted by molar-refractivity contribution is 6.43. The molecule has 1 aromatic carbocycles. The molecule has 3 rings (SSSR count). The average Bonchev–Trinajstić information content (AvgIpc) is 3.16. The number of oxazole rings is 1. The SMILES string of the molecule is COc1cc(NC(=O)C(=O)Nc2cccnc2)ccc1-c1cnco1. The first kappa shape index (κ1) is 16.2. The Balaban J connectivity index is 1.72. The van der Waals surface area contributed by atoms with Crippen LogP contribution in [0.2, 0.25) is 0 Å². The maximum atomic E-state index is 12.0. The summed E-state index contributed by atoms with van der Waals surface area (Å²) in [6, 6.07) is 8.21. The van der Waals surface area contributed by atoms with Gasteiger partial charge in [0.2, 0.25) is 0 Å². The zero-order chi connectivity index (χ0) is 17.6.